The monoisotopic (exact) mass is 510 g/mol. The second kappa shape index (κ2) is 9.75. The highest BCUT2D eigenvalue weighted by atomic mass is 32.2. The van der Waals surface area contributed by atoms with E-state index in [9.17, 15) is 23.1 Å². The Morgan fingerprint density at radius 2 is 1.83 bits per heavy atom. The minimum Gasteiger partial charge on any atom is -0.465 e. The van der Waals surface area contributed by atoms with E-state index >= 15 is 0 Å². The van der Waals surface area contributed by atoms with Crippen LogP contribution < -0.4 is 4.72 Å². The molecule has 5 rings (SSSR count). The lowest BCUT2D eigenvalue weighted by Crippen LogP contribution is -2.59. The van der Waals surface area contributed by atoms with E-state index in [4.69, 9.17) is 4.74 Å². The number of nitrogens with zero attached hydrogens (tertiary/aromatic N) is 3. The first kappa shape index (κ1) is 24.0. The van der Waals surface area contributed by atoms with Crippen molar-refractivity contribution in [2.24, 2.45) is 5.92 Å². The zero-order valence-corrected chi connectivity index (χ0v) is 20.2. The highest BCUT2D eigenvalue weighted by Gasteiger charge is 2.39. The molecule has 1 aromatic heterocycles. The van der Waals surface area contributed by atoms with Gasteiger partial charge < -0.3 is 19.6 Å². The van der Waals surface area contributed by atoms with Crippen LogP contribution in [0.3, 0.4) is 0 Å². The number of anilines is 1. The highest BCUT2D eigenvalue weighted by molar-refractivity contribution is 7.93. The van der Waals surface area contributed by atoms with Crippen LogP contribution in [0.1, 0.15) is 16.8 Å². The molecule has 2 fully saturated rings. The summed E-state index contributed by atoms with van der Waals surface area (Å²) in [5.41, 5.74) is 1.09. The van der Waals surface area contributed by atoms with Gasteiger partial charge in [0.25, 0.3) is 15.9 Å². The molecule has 2 aliphatic rings. The van der Waals surface area contributed by atoms with Crippen LogP contribution >= 0.6 is 0 Å². The lowest BCUT2D eigenvalue weighted by molar-refractivity contribution is 0.0294. The third-order valence-electron chi connectivity index (χ3n) is 6.73. The van der Waals surface area contributed by atoms with E-state index in [1.54, 1.807) is 59.6 Å². The van der Waals surface area contributed by atoms with Gasteiger partial charge in [-0.15, -0.1) is 0 Å². The summed E-state index contributed by atoms with van der Waals surface area (Å²) in [6.07, 6.45) is 1.32. The Hall–Kier alpha value is -3.70. The third kappa shape index (κ3) is 4.71. The van der Waals surface area contributed by atoms with E-state index in [1.807, 2.05) is 0 Å². The summed E-state index contributed by atoms with van der Waals surface area (Å²) in [5, 5.41) is 10.2. The first-order valence-electron chi connectivity index (χ1n) is 11.7. The van der Waals surface area contributed by atoms with Crippen LogP contribution in [0, 0.1) is 5.92 Å². The normalized spacial score (nSPS) is 20.4. The molecule has 0 spiro atoms. The molecule has 2 N–H and O–H groups in total. The van der Waals surface area contributed by atoms with Gasteiger partial charge in [-0.2, -0.15) is 0 Å². The largest absolute Gasteiger partial charge is 0.465 e. The molecule has 36 heavy (non-hydrogen) atoms. The molecule has 2 saturated heterocycles. The van der Waals surface area contributed by atoms with Crippen LogP contribution in [0.15, 0.2) is 65.7 Å². The number of carboxylic acid groups (broad SMARTS) is 1. The van der Waals surface area contributed by atoms with Gasteiger partial charge in [-0.1, -0.05) is 18.2 Å². The van der Waals surface area contributed by atoms with Gasteiger partial charge in [-0.05, 0) is 42.8 Å². The Morgan fingerprint density at radius 3 is 2.56 bits per heavy atom. The molecule has 3 heterocycles. The Morgan fingerprint density at radius 1 is 1.06 bits per heavy atom. The van der Waals surface area contributed by atoms with E-state index in [-0.39, 0.29) is 42.4 Å². The maximum absolute atomic E-state index is 13.4. The number of piperazine rings is 1. The molecule has 2 amide bonds. The molecule has 11 heteroatoms. The molecule has 2 unspecified atom stereocenters. The van der Waals surface area contributed by atoms with Crippen LogP contribution in [-0.4, -0.2) is 79.2 Å². The molecule has 0 radical (unpaired) electrons. The van der Waals surface area contributed by atoms with Gasteiger partial charge in [0.2, 0.25) is 0 Å². The Kier molecular flexibility index (Phi) is 6.50. The highest BCUT2D eigenvalue weighted by Crippen LogP contribution is 2.27. The number of ether oxygens (including phenoxy) is 1. The number of benzene rings is 2. The van der Waals surface area contributed by atoms with Gasteiger partial charge in [0.1, 0.15) is 4.90 Å². The van der Waals surface area contributed by atoms with Crippen molar-refractivity contribution in [1.82, 2.24) is 14.8 Å². The van der Waals surface area contributed by atoms with Crippen LogP contribution in [0.25, 0.3) is 10.9 Å². The van der Waals surface area contributed by atoms with Crippen molar-refractivity contribution in [3.63, 3.8) is 0 Å². The number of fused-ring (bicyclic) bond motifs is 1. The summed E-state index contributed by atoms with van der Waals surface area (Å²) in [6.45, 7) is 1.85. The molecule has 10 nitrogen and oxygen atoms in total. The second-order valence-electron chi connectivity index (χ2n) is 8.93. The molecule has 0 saturated carbocycles. The van der Waals surface area contributed by atoms with Crippen LogP contribution in [0.4, 0.5) is 10.5 Å². The van der Waals surface area contributed by atoms with Crippen molar-refractivity contribution >= 4 is 38.6 Å². The molecule has 3 aromatic rings. The van der Waals surface area contributed by atoms with Gasteiger partial charge in [-0.25, -0.2) is 13.2 Å². The molecule has 0 aliphatic carbocycles. The topological polar surface area (TPSA) is 129 Å². The van der Waals surface area contributed by atoms with Gasteiger partial charge in [0, 0.05) is 55.0 Å². The average molecular weight is 511 g/mol. The van der Waals surface area contributed by atoms with Crippen molar-refractivity contribution in [3.05, 3.63) is 66.4 Å². The number of hydrogen-bond acceptors (Lipinski definition) is 6. The molecular formula is C25H26N4O6S. The quantitative estimate of drug-likeness (QED) is 0.540. The zero-order valence-electron chi connectivity index (χ0n) is 19.4. The number of sulfonamides is 1. The van der Waals surface area contributed by atoms with Crippen molar-refractivity contribution < 1.29 is 27.9 Å². The van der Waals surface area contributed by atoms with Gasteiger partial charge in [0.15, 0.2) is 0 Å². The van der Waals surface area contributed by atoms with Gasteiger partial charge in [-0.3, -0.25) is 14.5 Å². The Labute approximate surface area is 208 Å². The predicted octanol–water partition coefficient (Wildman–Crippen LogP) is 2.88. The number of hydrogen-bond donors (Lipinski definition) is 2. The number of nitrogens with one attached hydrogen (secondary N) is 1. The lowest BCUT2D eigenvalue weighted by Gasteiger charge is -2.42. The minimum absolute atomic E-state index is 0.0662. The number of rotatable bonds is 5. The maximum atomic E-state index is 13.4. The molecular weight excluding hydrogens is 484 g/mol. The summed E-state index contributed by atoms with van der Waals surface area (Å²) >= 11 is 0. The van der Waals surface area contributed by atoms with Crippen molar-refractivity contribution in [1.29, 1.82) is 0 Å². The van der Waals surface area contributed by atoms with Crippen molar-refractivity contribution in [2.45, 2.75) is 17.4 Å². The summed E-state index contributed by atoms with van der Waals surface area (Å²) < 4.78 is 34.2. The average Bonchev–Trinajstić information content (AvgIpc) is 3.43. The number of carbonyl (C=O) groups is 2. The van der Waals surface area contributed by atoms with Crippen LogP contribution in [0.5, 0.6) is 0 Å². The van der Waals surface area contributed by atoms with E-state index in [0.717, 1.165) is 6.42 Å². The summed E-state index contributed by atoms with van der Waals surface area (Å²) in [6, 6.07) is 14.5. The third-order valence-corrected chi connectivity index (χ3v) is 8.14. The second-order valence-corrected chi connectivity index (χ2v) is 10.6. The Bertz CT molecular complexity index is 1380. The van der Waals surface area contributed by atoms with E-state index in [0.29, 0.717) is 35.4 Å². The number of para-hydroxylation sites is 1. The van der Waals surface area contributed by atoms with E-state index < -0.39 is 16.1 Å². The number of pyridine rings is 1. The Balaban J connectivity index is 1.34. The first-order chi connectivity index (χ1) is 17.3. The molecule has 2 aromatic carbocycles. The predicted molar refractivity (Wildman–Crippen MR) is 132 cm³/mol. The first-order valence-corrected chi connectivity index (χ1v) is 13.1. The van der Waals surface area contributed by atoms with Crippen molar-refractivity contribution in [2.75, 3.05) is 37.6 Å². The maximum Gasteiger partial charge on any atom is 0.407 e. The van der Waals surface area contributed by atoms with Crippen LogP contribution in [-0.2, 0) is 14.8 Å². The fourth-order valence-corrected chi connectivity index (χ4v) is 6.08. The SMILES string of the molecule is O=C(O)N1CCN(C(=O)c2ccc(NS(=O)(=O)c3cccc4cccnc34)cc2)C(C2CCOC2)C1. The number of amides is 2. The fourth-order valence-electron chi connectivity index (χ4n) is 4.85. The molecule has 188 valence electrons. The number of aromatic nitrogens is 1. The molecule has 2 aliphatic heterocycles. The molecule has 0 bridgehead atoms. The molecule has 2 atom stereocenters. The minimum atomic E-state index is -3.91. The lowest BCUT2D eigenvalue weighted by atomic mass is 9.94. The van der Waals surface area contributed by atoms with Gasteiger partial charge >= 0.3 is 6.09 Å². The zero-order chi connectivity index (χ0) is 25.3. The van der Waals surface area contributed by atoms with Gasteiger partial charge in [0.05, 0.1) is 18.2 Å². The summed E-state index contributed by atoms with van der Waals surface area (Å²) in [4.78, 5) is 32.2. The number of carbonyl (C=O) groups excluding carboxylic acids is 1. The van der Waals surface area contributed by atoms with Crippen LogP contribution in [0.2, 0.25) is 0 Å². The fraction of sp³-hybridized carbons (Fsp3) is 0.320. The summed E-state index contributed by atoms with van der Waals surface area (Å²) in [5.74, 6) is -0.152. The van der Waals surface area contributed by atoms with E-state index in [1.165, 1.54) is 11.0 Å². The standard InChI is InChI=1S/C25H26N4O6S/c30-24(29-13-12-28(25(31)32)15-21(29)19-10-14-35-16-19)18-6-8-20(9-7-18)27-36(33,34)22-5-1-3-17-4-2-11-26-23(17)22/h1-9,11,19,21,27H,10,12-16H2,(H,31,32). The van der Waals surface area contributed by atoms with Crippen molar-refractivity contribution in [3.8, 4) is 0 Å². The smallest absolute Gasteiger partial charge is 0.407 e. The van der Waals surface area contributed by atoms with E-state index in [2.05, 4.69) is 9.71 Å². The summed E-state index contributed by atoms with van der Waals surface area (Å²) in [7, 11) is -3.91.